The van der Waals surface area contributed by atoms with E-state index in [1.54, 1.807) is 6.07 Å². The van der Waals surface area contributed by atoms with Crippen LogP contribution in [0.4, 0.5) is 18.9 Å². The Labute approximate surface area is 182 Å². The Hall–Kier alpha value is -2.24. The number of halogens is 3. The Kier molecular flexibility index (Phi) is 8.22. The minimum atomic E-state index is -4.32. The topological polar surface area (TPSA) is 38.8 Å². The molecule has 2 saturated heterocycles. The van der Waals surface area contributed by atoms with Gasteiger partial charge in [-0.25, -0.2) is 0 Å². The van der Waals surface area contributed by atoms with Gasteiger partial charge >= 0.3 is 6.18 Å². The summed E-state index contributed by atoms with van der Waals surface area (Å²) in [6, 6.07) is 5.40. The number of carbonyl (C=O) groups is 1. The first kappa shape index (κ1) is 23.4. The molecule has 1 aromatic carbocycles. The van der Waals surface area contributed by atoms with Crippen molar-refractivity contribution in [2.24, 2.45) is 0 Å². The van der Waals surface area contributed by atoms with Gasteiger partial charge in [0.15, 0.2) is 0 Å². The number of terminal acetylenes is 1. The highest BCUT2D eigenvalue weighted by molar-refractivity contribution is 5.81. The fourth-order valence-electron chi connectivity index (χ4n) is 4.34. The summed E-state index contributed by atoms with van der Waals surface area (Å²) < 4.78 is 38.8. The first-order chi connectivity index (χ1) is 14.9. The SMILES string of the molecule is C#CCN1CCCCC1C(=O)NCCCN1CCN(c2cccc(C(F)(F)F)c2)CC1. The van der Waals surface area contributed by atoms with E-state index in [0.717, 1.165) is 57.9 Å². The lowest BCUT2D eigenvalue weighted by molar-refractivity contribution is -0.137. The summed E-state index contributed by atoms with van der Waals surface area (Å²) in [7, 11) is 0. The van der Waals surface area contributed by atoms with E-state index in [1.807, 2.05) is 4.90 Å². The summed E-state index contributed by atoms with van der Waals surface area (Å²) in [5.41, 5.74) is 0.00712. The molecule has 31 heavy (non-hydrogen) atoms. The minimum absolute atomic E-state index is 0.0596. The third-order valence-electron chi connectivity index (χ3n) is 6.07. The minimum Gasteiger partial charge on any atom is -0.369 e. The number of hydrogen-bond acceptors (Lipinski definition) is 4. The van der Waals surface area contributed by atoms with E-state index in [1.165, 1.54) is 12.1 Å². The zero-order chi connectivity index (χ0) is 22.3. The lowest BCUT2D eigenvalue weighted by Gasteiger charge is -2.36. The molecule has 1 unspecified atom stereocenters. The van der Waals surface area contributed by atoms with Crippen molar-refractivity contribution in [3.05, 3.63) is 29.8 Å². The van der Waals surface area contributed by atoms with Crippen LogP contribution in [0.25, 0.3) is 0 Å². The van der Waals surface area contributed by atoms with Crippen LogP contribution in [-0.2, 0) is 11.0 Å². The fraction of sp³-hybridized carbons (Fsp3) is 0.609. The Bertz CT molecular complexity index is 769. The zero-order valence-corrected chi connectivity index (χ0v) is 17.8. The van der Waals surface area contributed by atoms with Crippen LogP contribution in [0.3, 0.4) is 0 Å². The smallest absolute Gasteiger partial charge is 0.369 e. The van der Waals surface area contributed by atoms with Crippen LogP contribution in [0.1, 0.15) is 31.2 Å². The van der Waals surface area contributed by atoms with Gasteiger partial charge in [-0.2, -0.15) is 13.2 Å². The molecule has 0 aromatic heterocycles. The van der Waals surface area contributed by atoms with Gasteiger partial charge in [0.25, 0.3) is 0 Å². The van der Waals surface area contributed by atoms with Crippen molar-refractivity contribution in [3.63, 3.8) is 0 Å². The average molecular weight is 437 g/mol. The molecule has 2 aliphatic heterocycles. The number of rotatable bonds is 7. The van der Waals surface area contributed by atoms with Crippen LogP contribution >= 0.6 is 0 Å². The number of benzene rings is 1. The maximum absolute atomic E-state index is 12.9. The third-order valence-corrected chi connectivity index (χ3v) is 6.07. The molecule has 0 spiro atoms. The number of alkyl halides is 3. The lowest BCUT2D eigenvalue weighted by Crippen LogP contribution is -2.50. The summed E-state index contributed by atoms with van der Waals surface area (Å²) in [6.45, 7) is 5.83. The molecule has 2 aliphatic rings. The van der Waals surface area contributed by atoms with E-state index in [2.05, 4.69) is 21.0 Å². The Morgan fingerprint density at radius 2 is 1.94 bits per heavy atom. The molecule has 2 fully saturated rings. The number of nitrogens with one attached hydrogen (secondary N) is 1. The number of amides is 1. The van der Waals surface area contributed by atoms with Crippen LogP contribution in [0.15, 0.2) is 24.3 Å². The van der Waals surface area contributed by atoms with Gasteiger partial charge in [-0.3, -0.25) is 14.6 Å². The van der Waals surface area contributed by atoms with Gasteiger partial charge in [0.2, 0.25) is 5.91 Å². The summed E-state index contributed by atoms with van der Waals surface area (Å²) in [6.07, 6.45) is 4.92. The standard InChI is InChI=1S/C23H31F3N4O/c1-2-11-30-13-4-3-9-21(30)22(31)27-10-6-12-28-14-16-29(17-15-28)20-8-5-7-19(18-20)23(24,25)26/h1,5,7-8,18,21H,3-4,6,9-17H2,(H,27,31). The highest BCUT2D eigenvalue weighted by atomic mass is 19.4. The van der Waals surface area contributed by atoms with Crippen molar-refractivity contribution >= 4 is 11.6 Å². The summed E-state index contributed by atoms with van der Waals surface area (Å²) >= 11 is 0. The molecule has 170 valence electrons. The van der Waals surface area contributed by atoms with Crippen LogP contribution < -0.4 is 10.2 Å². The maximum Gasteiger partial charge on any atom is 0.416 e. The van der Waals surface area contributed by atoms with Gasteiger partial charge in [0.05, 0.1) is 18.2 Å². The number of nitrogens with zero attached hydrogens (tertiary/aromatic N) is 3. The van der Waals surface area contributed by atoms with Crippen LogP contribution in [0.2, 0.25) is 0 Å². The molecule has 0 saturated carbocycles. The first-order valence-corrected chi connectivity index (χ1v) is 11.0. The van der Waals surface area contributed by atoms with Crippen molar-refractivity contribution < 1.29 is 18.0 Å². The molecule has 1 amide bonds. The molecule has 1 atom stereocenters. The predicted molar refractivity (Wildman–Crippen MR) is 116 cm³/mol. The molecular weight excluding hydrogens is 405 g/mol. The van der Waals surface area contributed by atoms with E-state index < -0.39 is 11.7 Å². The highest BCUT2D eigenvalue weighted by Crippen LogP contribution is 2.31. The maximum atomic E-state index is 12.9. The van der Waals surface area contributed by atoms with Crippen molar-refractivity contribution in [1.82, 2.24) is 15.1 Å². The molecule has 0 radical (unpaired) electrons. The van der Waals surface area contributed by atoms with Gasteiger partial charge in [-0.15, -0.1) is 6.42 Å². The van der Waals surface area contributed by atoms with Gasteiger partial charge in [-0.05, 0) is 50.6 Å². The average Bonchev–Trinajstić information content (AvgIpc) is 2.77. The van der Waals surface area contributed by atoms with Gasteiger partial charge in [0, 0.05) is 38.4 Å². The zero-order valence-electron chi connectivity index (χ0n) is 17.8. The number of piperazine rings is 1. The fourth-order valence-corrected chi connectivity index (χ4v) is 4.34. The molecule has 1 N–H and O–H groups in total. The number of likely N-dealkylation sites (tertiary alicyclic amines) is 1. The Morgan fingerprint density at radius 1 is 1.16 bits per heavy atom. The Morgan fingerprint density at radius 3 is 2.65 bits per heavy atom. The molecule has 3 rings (SSSR count). The number of anilines is 1. The monoisotopic (exact) mass is 436 g/mol. The summed E-state index contributed by atoms with van der Waals surface area (Å²) in [5.74, 6) is 2.70. The van der Waals surface area contributed by atoms with Crippen LogP contribution in [0, 0.1) is 12.3 Å². The summed E-state index contributed by atoms with van der Waals surface area (Å²) in [4.78, 5) is 18.9. The second kappa shape index (κ2) is 10.9. The second-order valence-electron chi connectivity index (χ2n) is 8.21. The van der Waals surface area contributed by atoms with Crippen molar-refractivity contribution in [2.45, 2.75) is 37.9 Å². The number of carbonyl (C=O) groups excluding carboxylic acids is 1. The van der Waals surface area contributed by atoms with Crippen LogP contribution in [-0.4, -0.2) is 74.1 Å². The molecule has 2 heterocycles. The van der Waals surface area contributed by atoms with Gasteiger partial charge in [-0.1, -0.05) is 18.4 Å². The lowest BCUT2D eigenvalue weighted by atomic mass is 10.0. The van der Waals surface area contributed by atoms with Gasteiger partial charge < -0.3 is 10.2 Å². The van der Waals surface area contributed by atoms with Gasteiger partial charge in [0.1, 0.15) is 0 Å². The first-order valence-electron chi connectivity index (χ1n) is 11.0. The quantitative estimate of drug-likeness (QED) is 0.527. The highest BCUT2D eigenvalue weighted by Gasteiger charge is 2.31. The molecule has 0 aliphatic carbocycles. The van der Waals surface area contributed by atoms with Crippen molar-refractivity contribution in [3.8, 4) is 12.3 Å². The summed E-state index contributed by atoms with van der Waals surface area (Å²) in [5, 5.41) is 3.04. The number of piperidine rings is 1. The molecular formula is C23H31F3N4O. The third kappa shape index (κ3) is 6.62. The molecule has 0 bridgehead atoms. The van der Waals surface area contributed by atoms with E-state index in [-0.39, 0.29) is 11.9 Å². The second-order valence-corrected chi connectivity index (χ2v) is 8.21. The van der Waals surface area contributed by atoms with E-state index >= 15 is 0 Å². The van der Waals surface area contributed by atoms with Crippen LogP contribution in [0.5, 0.6) is 0 Å². The van der Waals surface area contributed by atoms with E-state index in [0.29, 0.717) is 31.9 Å². The molecule has 5 nitrogen and oxygen atoms in total. The van der Waals surface area contributed by atoms with E-state index in [4.69, 9.17) is 6.42 Å². The Balaban J connectivity index is 1.37. The number of hydrogen-bond donors (Lipinski definition) is 1. The largest absolute Gasteiger partial charge is 0.416 e. The predicted octanol–water partition coefficient (Wildman–Crippen LogP) is 2.82. The molecule has 1 aromatic rings. The van der Waals surface area contributed by atoms with E-state index in [9.17, 15) is 18.0 Å². The normalized spacial score (nSPS) is 21.0. The van der Waals surface area contributed by atoms with Crippen molar-refractivity contribution in [1.29, 1.82) is 0 Å². The molecule has 8 heteroatoms. The van der Waals surface area contributed by atoms with Crippen molar-refractivity contribution in [2.75, 3.05) is 57.3 Å².